The van der Waals surface area contributed by atoms with Crippen LogP contribution < -0.4 is 10.1 Å². The molecule has 1 aliphatic rings. The minimum absolute atomic E-state index is 0.243. The van der Waals surface area contributed by atoms with E-state index in [0.717, 1.165) is 18.8 Å². The van der Waals surface area contributed by atoms with Crippen LogP contribution in [0.4, 0.5) is 0 Å². The van der Waals surface area contributed by atoms with Crippen LogP contribution in [0, 0.1) is 0 Å². The number of benzene rings is 1. The highest BCUT2D eigenvalue weighted by molar-refractivity contribution is 5.40. The minimum atomic E-state index is -0.673. The van der Waals surface area contributed by atoms with E-state index in [9.17, 15) is 5.11 Å². The molecular formula is C14H21NO2. The summed E-state index contributed by atoms with van der Waals surface area (Å²) in [5.74, 6) is 1.02. The fourth-order valence-electron chi connectivity index (χ4n) is 2.00. The van der Waals surface area contributed by atoms with E-state index in [4.69, 9.17) is 4.74 Å². The van der Waals surface area contributed by atoms with Gasteiger partial charge in [-0.15, -0.1) is 0 Å². The van der Waals surface area contributed by atoms with Gasteiger partial charge in [0.05, 0.1) is 12.2 Å². The van der Waals surface area contributed by atoms with Crippen LogP contribution in [-0.2, 0) is 6.42 Å². The number of aliphatic hydroxyl groups is 1. The van der Waals surface area contributed by atoms with Gasteiger partial charge in [0.2, 0.25) is 0 Å². The van der Waals surface area contributed by atoms with Crippen LogP contribution in [0.15, 0.2) is 18.2 Å². The molecule has 2 N–H and O–H groups in total. The molecule has 17 heavy (non-hydrogen) atoms. The lowest BCUT2D eigenvalue weighted by atomic mass is 10.0. The van der Waals surface area contributed by atoms with Crippen LogP contribution in [0.1, 0.15) is 37.9 Å². The van der Waals surface area contributed by atoms with Gasteiger partial charge in [0, 0.05) is 19.0 Å². The van der Waals surface area contributed by atoms with E-state index in [1.807, 2.05) is 19.9 Å². The van der Waals surface area contributed by atoms with Crippen molar-refractivity contribution in [3.8, 4) is 5.75 Å². The van der Waals surface area contributed by atoms with Gasteiger partial charge in [-0.3, -0.25) is 0 Å². The maximum Gasteiger partial charge on any atom is 0.122 e. The van der Waals surface area contributed by atoms with E-state index in [0.29, 0.717) is 6.54 Å². The largest absolute Gasteiger partial charge is 0.493 e. The second-order valence-electron chi connectivity index (χ2n) is 5.38. The summed E-state index contributed by atoms with van der Waals surface area (Å²) in [6.45, 7) is 7.11. The van der Waals surface area contributed by atoms with Gasteiger partial charge in [-0.1, -0.05) is 12.1 Å². The highest BCUT2D eigenvalue weighted by Gasteiger charge is 2.17. The molecule has 0 fully saturated rings. The maximum atomic E-state index is 9.69. The summed E-state index contributed by atoms with van der Waals surface area (Å²) < 4.78 is 5.49. The summed E-state index contributed by atoms with van der Waals surface area (Å²) in [5.41, 5.74) is 1.87. The Morgan fingerprint density at radius 1 is 1.47 bits per heavy atom. The van der Waals surface area contributed by atoms with Crippen molar-refractivity contribution in [2.24, 2.45) is 0 Å². The van der Waals surface area contributed by atoms with E-state index in [2.05, 4.69) is 24.4 Å². The van der Waals surface area contributed by atoms with Crippen molar-refractivity contribution in [3.63, 3.8) is 0 Å². The first-order valence-corrected chi connectivity index (χ1v) is 6.17. The Labute approximate surface area is 103 Å². The molecule has 0 aromatic heterocycles. The lowest BCUT2D eigenvalue weighted by Gasteiger charge is -2.22. The van der Waals surface area contributed by atoms with Crippen molar-refractivity contribution in [1.82, 2.24) is 5.32 Å². The standard InChI is InChI=1S/C14H21NO2/c1-10(15-9-14(2,3)16)11-4-5-13-12(8-11)6-7-17-13/h4-5,8,10,15-16H,6-7,9H2,1-3H3. The Morgan fingerprint density at radius 3 is 2.94 bits per heavy atom. The smallest absolute Gasteiger partial charge is 0.122 e. The van der Waals surface area contributed by atoms with Gasteiger partial charge in [0.15, 0.2) is 0 Å². The highest BCUT2D eigenvalue weighted by atomic mass is 16.5. The molecule has 3 heteroatoms. The second kappa shape index (κ2) is 4.67. The summed E-state index contributed by atoms with van der Waals surface area (Å²) >= 11 is 0. The average molecular weight is 235 g/mol. The molecule has 0 saturated heterocycles. The third kappa shape index (κ3) is 3.20. The van der Waals surface area contributed by atoms with E-state index in [-0.39, 0.29) is 6.04 Å². The van der Waals surface area contributed by atoms with Crippen molar-refractivity contribution in [2.75, 3.05) is 13.2 Å². The molecule has 0 bridgehead atoms. The molecule has 0 radical (unpaired) electrons. The van der Waals surface area contributed by atoms with E-state index >= 15 is 0 Å². The summed E-state index contributed by atoms with van der Waals surface area (Å²) in [7, 11) is 0. The highest BCUT2D eigenvalue weighted by Crippen LogP contribution is 2.28. The quantitative estimate of drug-likeness (QED) is 0.839. The van der Waals surface area contributed by atoms with Crippen molar-refractivity contribution in [1.29, 1.82) is 0 Å². The topological polar surface area (TPSA) is 41.5 Å². The molecule has 1 atom stereocenters. The fraction of sp³-hybridized carbons (Fsp3) is 0.571. The lowest BCUT2D eigenvalue weighted by molar-refractivity contribution is 0.0770. The number of ether oxygens (including phenoxy) is 1. The number of hydrogen-bond acceptors (Lipinski definition) is 3. The van der Waals surface area contributed by atoms with Gasteiger partial charge < -0.3 is 15.2 Å². The van der Waals surface area contributed by atoms with Crippen molar-refractivity contribution in [2.45, 2.75) is 38.8 Å². The molecule has 1 aromatic carbocycles. The van der Waals surface area contributed by atoms with Gasteiger partial charge in [-0.25, -0.2) is 0 Å². The first-order chi connectivity index (χ1) is 7.96. The zero-order chi connectivity index (χ0) is 12.5. The molecule has 2 rings (SSSR count). The number of fused-ring (bicyclic) bond motifs is 1. The Balaban J connectivity index is 2.02. The molecule has 94 valence electrons. The number of hydrogen-bond donors (Lipinski definition) is 2. The van der Waals surface area contributed by atoms with E-state index in [1.54, 1.807) is 0 Å². The average Bonchev–Trinajstić information content (AvgIpc) is 2.71. The molecule has 0 aliphatic carbocycles. The van der Waals surface area contributed by atoms with Crippen molar-refractivity contribution < 1.29 is 9.84 Å². The molecule has 0 saturated carbocycles. The van der Waals surface area contributed by atoms with Gasteiger partial charge in [-0.2, -0.15) is 0 Å². The van der Waals surface area contributed by atoms with E-state index in [1.165, 1.54) is 11.1 Å². The molecular weight excluding hydrogens is 214 g/mol. The van der Waals surface area contributed by atoms with Gasteiger partial charge in [0.1, 0.15) is 5.75 Å². The third-order valence-corrected chi connectivity index (χ3v) is 3.05. The summed E-state index contributed by atoms with van der Waals surface area (Å²) in [6, 6.07) is 6.57. The summed E-state index contributed by atoms with van der Waals surface area (Å²) in [5, 5.41) is 13.0. The molecule has 1 aliphatic heterocycles. The molecule has 3 nitrogen and oxygen atoms in total. The Morgan fingerprint density at radius 2 is 2.24 bits per heavy atom. The predicted molar refractivity (Wildman–Crippen MR) is 68.4 cm³/mol. The first kappa shape index (κ1) is 12.4. The Hall–Kier alpha value is -1.06. The minimum Gasteiger partial charge on any atom is -0.493 e. The number of rotatable bonds is 4. The maximum absolute atomic E-state index is 9.69. The third-order valence-electron chi connectivity index (χ3n) is 3.05. The normalized spacial score (nSPS) is 16.5. The van der Waals surface area contributed by atoms with Crippen LogP contribution in [0.25, 0.3) is 0 Å². The monoisotopic (exact) mass is 235 g/mol. The lowest BCUT2D eigenvalue weighted by Crippen LogP contribution is -2.36. The zero-order valence-corrected chi connectivity index (χ0v) is 10.8. The van der Waals surface area contributed by atoms with Crippen LogP contribution in [0.5, 0.6) is 5.75 Å². The van der Waals surface area contributed by atoms with Gasteiger partial charge in [0.25, 0.3) is 0 Å². The van der Waals surface area contributed by atoms with Crippen LogP contribution in [0.2, 0.25) is 0 Å². The van der Waals surface area contributed by atoms with Gasteiger partial charge in [-0.05, 0) is 38.0 Å². The number of nitrogens with one attached hydrogen (secondary N) is 1. The summed E-state index contributed by atoms with van der Waals surface area (Å²) in [4.78, 5) is 0. The summed E-state index contributed by atoms with van der Waals surface area (Å²) in [6.07, 6.45) is 1.00. The second-order valence-corrected chi connectivity index (χ2v) is 5.38. The first-order valence-electron chi connectivity index (χ1n) is 6.17. The molecule has 1 heterocycles. The van der Waals surface area contributed by atoms with Crippen molar-refractivity contribution in [3.05, 3.63) is 29.3 Å². The Bertz CT molecular complexity index is 396. The predicted octanol–water partition coefficient (Wildman–Crippen LogP) is 2.04. The van der Waals surface area contributed by atoms with Crippen LogP contribution >= 0.6 is 0 Å². The SMILES string of the molecule is CC(NCC(C)(C)O)c1ccc2c(c1)CCO2. The Kier molecular flexibility index (Phi) is 3.40. The van der Waals surface area contributed by atoms with Gasteiger partial charge >= 0.3 is 0 Å². The molecule has 1 aromatic rings. The van der Waals surface area contributed by atoms with Crippen molar-refractivity contribution >= 4 is 0 Å². The van der Waals surface area contributed by atoms with E-state index < -0.39 is 5.60 Å². The van der Waals surface area contributed by atoms with Crippen LogP contribution in [0.3, 0.4) is 0 Å². The molecule has 0 spiro atoms. The fourth-order valence-corrected chi connectivity index (χ4v) is 2.00. The molecule has 0 amide bonds. The molecule has 1 unspecified atom stereocenters. The zero-order valence-electron chi connectivity index (χ0n) is 10.8. The van der Waals surface area contributed by atoms with Crippen LogP contribution in [-0.4, -0.2) is 23.9 Å².